The Bertz CT molecular complexity index is 1590. The zero-order valence-electron chi connectivity index (χ0n) is 20.6. The Labute approximate surface area is 219 Å². The molecule has 2 aromatic carbocycles. The molecule has 0 atom stereocenters. The molecule has 0 radical (unpaired) electrons. The number of piperazine rings is 1. The van der Waals surface area contributed by atoms with E-state index in [1.165, 1.54) is 5.56 Å². The van der Waals surface area contributed by atoms with Gasteiger partial charge in [-0.05, 0) is 18.1 Å². The van der Waals surface area contributed by atoms with Gasteiger partial charge in [-0.15, -0.1) is 11.3 Å². The van der Waals surface area contributed by atoms with Crippen LogP contribution < -0.4 is 9.64 Å². The average molecular weight is 507 g/mol. The Morgan fingerprint density at radius 1 is 0.973 bits per heavy atom. The minimum atomic E-state index is 0.368. The monoisotopic (exact) mass is 506 g/mol. The van der Waals surface area contributed by atoms with Crippen LogP contribution in [0.3, 0.4) is 0 Å². The van der Waals surface area contributed by atoms with E-state index in [-0.39, 0.29) is 0 Å². The molecule has 5 aromatic rings. The Hall–Kier alpha value is -4.06. The Balaban J connectivity index is 1.42. The van der Waals surface area contributed by atoms with Crippen LogP contribution in [0.4, 0.5) is 5.82 Å². The highest BCUT2D eigenvalue weighted by Gasteiger charge is 2.26. The van der Waals surface area contributed by atoms with Crippen molar-refractivity contribution in [3.8, 4) is 23.1 Å². The van der Waals surface area contributed by atoms with Gasteiger partial charge in [0, 0.05) is 43.7 Å². The van der Waals surface area contributed by atoms with Crippen LogP contribution in [0, 0.1) is 11.3 Å². The number of nitrogens with zero attached hydrogens (tertiary/aromatic N) is 6. The molecule has 6 rings (SSSR count). The summed E-state index contributed by atoms with van der Waals surface area (Å²) in [5, 5.41) is 11.0. The molecular formula is C29H26N6OS. The zero-order chi connectivity index (χ0) is 25.2. The summed E-state index contributed by atoms with van der Waals surface area (Å²) < 4.78 is 6.82. The van der Waals surface area contributed by atoms with Crippen molar-refractivity contribution in [1.82, 2.24) is 19.9 Å². The molecule has 0 aliphatic carbocycles. The molecule has 0 N–H and O–H groups in total. The van der Waals surface area contributed by atoms with Crippen LogP contribution in [-0.2, 0) is 6.54 Å². The van der Waals surface area contributed by atoms with E-state index < -0.39 is 0 Å². The molecule has 8 heteroatoms. The van der Waals surface area contributed by atoms with Gasteiger partial charge >= 0.3 is 0 Å². The van der Waals surface area contributed by atoms with Crippen LogP contribution in [-0.4, -0.2) is 52.6 Å². The van der Waals surface area contributed by atoms with Gasteiger partial charge in [-0.2, -0.15) is 5.26 Å². The SMILES string of the molecule is CCOc1nc2sc3c(N4CCN(Cc5ccccc5)CC4)ncnc3c2c(-c2ccccc2)c1C#N. The molecule has 3 aromatic heterocycles. The van der Waals surface area contributed by atoms with Crippen molar-refractivity contribution in [2.24, 2.45) is 0 Å². The lowest BCUT2D eigenvalue weighted by atomic mass is 9.98. The summed E-state index contributed by atoms with van der Waals surface area (Å²) in [5.41, 5.74) is 4.38. The summed E-state index contributed by atoms with van der Waals surface area (Å²) in [5.74, 6) is 1.30. The van der Waals surface area contributed by atoms with Crippen molar-refractivity contribution in [1.29, 1.82) is 5.26 Å². The van der Waals surface area contributed by atoms with Crippen molar-refractivity contribution in [3.05, 3.63) is 78.1 Å². The maximum Gasteiger partial charge on any atom is 0.233 e. The van der Waals surface area contributed by atoms with Crippen LogP contribution in [0.15, 0.2) is 67.0 Å². The summed E-state index contributed by atoms with van der Waals surface area (Å²) in [6.07, 6.45) is 1.64. The molecule has 1 aliphatic rings. The van der Waals surface area contributed by atoms with Gasteiger partial charge in [-0.25, -0.2) is 15.0 Å². The van der Waals surface area contributed by atoms with Gasteiger partial charge in [-0.1, -0.05) is 60.7 Å². The average Bonchev–Trinajstić information content (AvgIpc) is 3.32. The third-order valence-electron chi connectivity index (χ3n) is 6.73. The lowest BCUT2D eigenvalue weighted by Crippen LogP contribution is -2.46. The molecule has 184 valence electrons. The number of fused-ring (bicyclic) bond motifs is 3. The molecule has 1 fully saturated rings. The summed E-state index contributed by atoms with van der Waals surface area (Å²) >= 11 is 1.57. The Morgan fingerprint density at radius 3 is 2.41 bits per heavy atom. The predicted octanol–water partition coefficient (Wildman–Crippen LogP) is 5.50. The molecular weight excluding hydrogens is 480 g/mol. The molecule has 37 heavy (non-hydrogen) atoms. The molecule has 4 heterocycles. The van der Waals surface area contributed by atoms with Gasteiger partial charge in [0.15, 0.2) is 0 Å². The van der Waals surface area contributed by atoms with E-state index in [0.717, 1.165) is 70.1 Å². The number of benzene rings is 2. The fourth-order valence-corrected chi connectivity index (χ4v) is 6.14. The summed E-state index contributed by atoms with van der Waals surface area (Å²) in [4.78, 5) is 19.8. The van der Waals surface area contributed by atoms with Crippen molar-refractivity contribution >= 4 is 37.6 Å². The minimum absolute atomic E-state index is 0.368. The van der Waals surface area contributed by atoms with Gasteiger partial charge in [0.05, 0.1) is 16.8 Å². The van der Waals surface area contributed by atoms with Crippen molar-refractivity contribution in [2.45, 2.75) is 13.5 Å². The number of aromatic nitrogens is 3. The number of anilines is 1. The summed E-state index contributed by atoms with van der Waals surface area (Å²) in [6.45, 7) is 7.00. The number of ether oxygens (including phenoxy) is 1. The molecule has 0 amide bonds. The lowest BCUT2D eigenvalue weighted by molar-refractivity contribution is 0.249. The third kappa shape index (κ3) is 4.37. The van der Waals surface area contributed by atoms with Crippen LogP contribution in [0.2, 0.25) is 0 Å². The minimum Gasteiger partial charge on any atom is -0.477 e. The summed E-state index contributed by atoms with van der Waals surface area (Å²) in [6, 6.07) is 22.9. The number of rotatable bonds is 6. The molecule has 0 unspecified atom stereocenters. The normalized spacial score (nSPS) is 14.2. The first-order valence-electron chi connectivity index (χ1n) is 12.5. The maximum absolute atomic E-state index is 10.1. The van der Waals surface area contributed by atoms with Crippen molar-refractivity contribution in [3.63, 3.8) is 0 Å². The van der Waals surface area contributed by atoms with E-state index in [9.17, 15) is 5.26 Å². The molecule has 0 saturated carbocycles. The van der Waals surface area contributed by atoms with Crippen molar-refractivity contribution < 1.29 is 4.74 Å². The number of hydrogen-bond acceptors (Lipinski definition) is 8. The maximum atomic E-state index is 10.1. The van der Waals surface area contributed by atoms with Crippen LogP contribution in [0.1, 0.15) is 18.1 Å². The van der Waals surface area contributed by atoms with Gasteiger partial charge in [0.1, 0.15) is 28.6 Å². The van der Waals surface area contributed by atoms with Gasteiger partial charge in [-0.3, -0.25) is 4.90 Å². The van der Waals surface area contributed by atoms with E-state index in [4.69, 9.17) is 19.7 Å². The topological polar surface area (TPSA) is 78.2 Å². The fourth-order valence-electron chi connectivity index (χ4n) is 4.99. The number of nitriles is 1. The zero-order valence-corrected chi connectivity index (χ0v) is 21.4. The largest absolute Gasteiger partial charge is 0.477 e. The molecule has 1 aliphatic heterocycles. The first-order valence-corrected chi connectivity index (χ1v) is 13.3. The highest BCUT2D eigenvalue weighted by molar-refractivity contribution is 7.26. The van der Waals surface area contributed by atoms with E-state index in [1.54, 1.807) is 17.7 Å². The van der Waals surface area contributed by atoms with Gasteiger partial charge < -0.3 is 9.64 Å². The van der Waals surface area contributed by atoms with E-state index in [2.05, 4.69) is 46.2 Å². The highest BCUT2D eigenvalue weighted by atomic mass is 32.1. The van der Waals surface area contributed by atoms with Gasteiger partial charge in [0.2, 0.25) is 5.88 Å². The first kappa shape index (κ1) is 23.3. The van der Waals surface area contributed by atoms with Crippen molar-refractivity contribution in [2.75, 3.05) is 37.7 Å². The molecule has 1 saturated heterocycles. The second kappa shape index (κ2) is 10.1. The molecule has 7 nitrogen and oxygen atoms in total. The number of hydrogen-bond donors (Lipinski definition) is 0. The fraction of sp³-hybridized carbons (Fsp3) is 0.241. The highest BCUT2D eigenvalue weighted by Crippen LogP contribution is 2.44. The molecule has 0 spiro atoms. The Morgan fingerprint density at radius 2 is 1.70 bits per heavy atom. The van der Waals surface area contributed by atoms with E-state index in [0.29, 0.717) is 18.1 Å². The molecule has 0 bridgehead atoms. The van der Waals surface area contributed by atoms with E-state index in [1.807, 2.05) is 37.3 Å². The lowest BCUT2D eigenvalue weighted by Gasteiger charge is -2.35. The quantitative estimate of drug-likeness (QED) is 0.301. The smallest absolute Gasteiger partial charge is 0.233 e. The van der Waals surface area contributed by atoms with Crippen LogP contribution in [0.5, 0.6) is 5.88 Å². The predicted molar refractivity (Wildman–Crippen MR) is 148 cm³/mol. The standard InChI is InChI=1S/C29H26N6OS/c1-2-36-28-22(17-30)23(21-11-7-4-8-12-21)24-25-26(37-29(24)33-28)27(32-19-31-25)35-15-13-34(14-16-35)18-20-9-5-3-6-10-20/h3-12,19H,2,13-16,18H2,1H3. The van der Waals surface area contributed by atoms with E-state index >= 15 is 0 Å². The second-order valence-corrected chi connectivity index (χ2v) is 9.98. The van der Waals surface area contributed by atoms with Crippen LogP contribution in [0.25, 0.3) is 31.6 Å². The third-order valence-corrected chi connectivity index (χ3v) is 7.80. The summed E-state index contributed by atoms with van der Waals surface area (Å²) in [7, 11) is 0. The number of pyridine rings is 1. The number of thiophene rings is 1. The van der Waals surface area contributed by atoms with Crippen LogP contribution >= 0.6 is 11.3 Å². The first-order chi connectivity index (χ1) is 18.3. The van der Waals surface area contributed by atoms with Gasteiger partial charge in [0.25, 0.3) is 0 Å². The Kier molecular flexibility index (Phi) is 6.39. The second-order valence-electron chi connectivity index (χ2n) is 8.98.